The molecule has 0 bridgehead atoms. The molecule has 2 aromatic rings. The van der Waals surface area contributed by atoms with Crippen molar-refractivity contribution in [3.05, 3.63) is 74.3 Å². The highest BCUT2D eigenvalue weighted by Crippen LogP contribution is 2.24. The molecule has 2 rings (SSSR count). The predicted octanol–water partition coefficient (Wildman–Crippen LogP) is 3.29. The van der Waals surface area contributed by atoms with Crippen LogP contribution < -0.4 is 0 Å². The zero-order valence-electron chi connectivity index (χ0n) is 13.0. The molecule has 0 aliphatic heterocycles. The molecule has 0 fully saturated rings. The lowest BCUT2D eigenvalue weighted by molar-refractivity contribution is -0.384. The topological polar surface area (TPSA) is 90.4 Å². The summed E-state index contributed by atoms with van der Waals surface area (Å²) in [4.78, 5) is 12.2. The number of aliphatic hydroxyl groups is 1. The van der Waals surface area contributed by atoms with Crippen LogP contribution >= 0.6 is 11.6 Å². The van der Waals surface area contributed by atoms with Gasteiger partial charge in [-0.25, -0.2) is 0 Å². The Morgan fingerprint density at radius 3 is 2.58 bits per heavy atom. The molecule has 7 heteroatoms. The van der Waals surface area contributed by atoms with E-state index in [2.05, 4.69) is 0 Å². The Morgan fingerprint density at radius 1 is 1.33 bits per heavy atom. The molecule has 0 amide bonds. The van der Waals surface area contributed by atoms with E-state index >= 15 is 0 Å². The van der Waals surface area contributed by atoms with Gasteiger partial charge in [0.05, 0.1) is 22.7 Å². The van der Waals surface area contributed by atoms with Crippen LogP contribution in [0.2, 0.25) is 5.02 Å². The molecule has 0 aromatic heterocycles. The molecule has 0 spiro atoms. The summed E-state index contributed by atoms with van der Waals surface area (Å²) >= 11 is 6.09. The Morgan fingerprint density at radius 2 is 2.00 bits per heavy atom. The third-order valence-electron chi connectivity index (χ3n) is 3.59. The van der Waals surface area contributed by atoms with E-state index in [0.717, 1.165) is 0 Å². The summed E-state index contributed by atoms with van der Waals surface area (Å²) < 4.78 is 0. The van der Waals surface area contributed by atoms with Crippen LogP contribution in [0.4, 0.5) is 5.69 Å². The average molecular weight is 346 g/mol. The Kier molecular flexibility index (Phi) is 5.88. The first-order valence-corrected chi connectivity index (χ1v) is 7.58. The summed E-state index contributed by atoms with van der Waals surface area (Å²) in [5.74, 6) is 0. The molecule has 1 atom stereocenters. The zero-order chi connectivity index (χ0) is 17.7. The van der Waals surface area contributed by atoms with Crippen molar-refractivity contribution < 1.29 is 10.0 Å². The maximum atomic E-state index is 10.9. The van der Waals surface area contributed by atoms with Crippen LogP contribution in [0.25, 0.3) is 0 Å². The molecule has 0 saturated carbocycles. The second-order valence-electron chi connectivity index (χ2n) is 5.48. The Hall–Kier alpha value is -2.46. The molecule has 6 nitrogen and oxygen atoms in total. The number of nitro groups is 1. The van der Waals surface area contributed by atoms with Gasteiger partial charge in [0.2, 0.25) is 0 Å². The van der Waals surface area contributed by atoms with Crippen molar-refractivity contribution in [2.75, 3.05) is 13.6 Å². The van der Waals surface area contributed by atoms with E-state index in [1.165, 1.54) is 18.2 Å². The Bertz CT molecular complexity index is 772. The van der Waals surface area contributed by atoms with Gasteiger partial charge >= 0.3 is 0 Å². The van der Waals surface area contributed by atoms with Crippen molar-refractivity contribution in [2.24, 2.45) is 0 Å². The maximum absolute atomic E-state index is 10.9. The van der Waals surface area contributed by atoms with Crippen LogP contribution in [0.1, 0.15) is 22.8 Å². The van der Waals surface area contributed by atoms with E-state index < -0.39 is 11.0 Å². The highest BCUT2D eigenvalue weighted by molar-refractivity contribution is 6.31. The molecule has 1 N–H and O–H groups in total. The van der Waals surface area contributed by atoms with Gasteiger partial charge in [-0.3, -0.25) is 15.0 Å². The Balaban J connectivity index is 2.04. The largest absolute Gasteiger partial charge is 0.387 e. The van der Waals surface area contributed by atoms with Crippen molar-refractivity contribution in [1.82, 2.24) is 4.90 Å². The number of rotatable bonds is 6. The number of non-ortho nitro benzene ring substituents is 1. The number of hydrogen-bond donors (Lipinski definition) is 1. The summed E-state index contributed by atoms with van der Waals surface area (Å²) in [7, 11) is 1.79. The van der Waals surface area contributed by atoms with E-state index in [4.69, 9.17) is 16.9 Å². The first kappa shape index (κ1) is 17.9. The third kappa shape index (κ3) is 4.52. The van der Waals surface area contributed by atoms with Crippen molar-refractivity contribution in [1.29, 1.82) is 5.26 Å². The van der Waals surface area contributed by atoms with Gasteiger partial charge in [-0.15, -0.1) is 0 Å². The van der Waals surface area contributed by atoms with Crippen LogP contribution in [0.15, 0.2) is 42.5 Å². The van der Waals surface area contributed by atoms with Crippen LogP contribution in [0.3, 0.4) is 0 Å². The highest BCUT2D eigenvalue weighted by atomic mass is 35.5. The molecule has 1 unspecified atom stereocenters. The van der Waals surface area contributed by atoms with Crippen LogP contribution in [-0.2, 0) is 6.54 Å². The second kappa shape index (κ2) is 7.88. The molecule has 0 aliphatic carbocycles. The van der Waals surface area contributed by atoms with E-state index in [1.54, 1.807) is 31.3 Å². The number of nitrogens with zero attached hydrogens (tertiary/aromatic N) is 3. The lowest BCUT2D eigenvalue weighted by Gasteiger charge is -2.21. The summed E-state index contributed by atoms with van der Waals surface area (Å²) in [6, 6.07) is 13.0. The maximum Gasteiger partial charge on any atom is 0.269 e. The molecule has 0 radical (unpaired) electrons. The quantitative estimate of drug-likeness (QED) is 0.640. The second-order valence-corrected chi connectivity index (χ2v) is 5.89. The Labute approximate surface area is 144 Å². The SMILES string of the molecule is CN(Cc1cc([N+](=O)[O-])ccc1Cl)CC(O)c1ccc(C#N)cc1. The van der Waals surface area contributed by atoms with Gasteiger partial charge in [0, 0.05) is 30.2 Å². The van der Waals surface area contributed by atoms with Gasteiger partial charge in [0.25, 0.3) is 5.69 Å². The van der Waals surface area contributed by atoms with E-state index in [0.29, 0.717) is 34.8 Å². The van der Waals surface area contributed by atoms with Gasteiger partial charge in [0.1, 0.15) is 0 Å². The summed E-state index contributed by atoms with van der Waals surface area (Å²) in [6.07, 6.45) is -0.736. The predicted molar refractivity (Wildman–Crippen MR) is 90.6 cm³/mol. The number of nitro benzene ring substituents is 1. The van der Waals surface area contributed by atoms with Crippen LogP contribution in [0.5, 0.6) is 0 Å². The van der Waals surface area contributed by atoms with E-state index in [-0.39, 0.29) is 5.69 Å². The molecule has 124 valence electrons. The minimum absolute atomic E-state index is 0.0181. The molecular weight excluding hydrogens is 330 g/mol. The van der Waals surface area contributed by atoms with Gasteiger partial charge in [-0.1, -0.05) is 23.7 Å². The molecule has 0 saturated heterocycles. The van der Waals surface area contributed by atoms with Crippen LogP contribution in [0, 0.1) is 21.4 Å². The molecule has 24 heavy (non-hydrogen) atoms. The summed E-state index contributed by atoms with van der Waals surface area (Å²) in [5, 5.41) is 30.4. The molecule has 0 aliphatic rings. The molecular formula is C17H16ClN3O3. The average Bonchev–Trinajstić information content (AvgIpc) is 2.56. The minimum atomic E-state index is -0.736. The van der Waals surface area contributed by atoms with Gasteiger partial charge < -0.3 is 5.11 Å². The molecule has 2 aromatic carbocycles. The fraction of sp³-hybridized carbons (Fsp3) is 0.235. The number of hydrogen-bond acceptors (Lipinski definition) is 5. The smallest absolute Gasteiger partial charge is 0.269 e. The van der Waals surface area contributed by atoms with E-state index in [9.17, 15) is 15.2 Å². The zero-order valence-corrected chi connectivity index (χ0v) is 13.8. The number of benzene rings is 2. The standard InChI is InChI=1S/C17H16ClN3O3/c1-20(10-14-8-15(21(23)24)6-7-16(14)18)11-17(22)13-4-2-12(9-19)3-5-13/h2-8,17,22H,10-11H2,1H3. The van der Waals surface area contributed by atoms with E-state index in [1.807, 2.05) is 11.0 Å². The van der Waals surface area contributed by atoms with Crippen molar-refractivity contribution in [3.8, 4) is 6.07 Å². The van der Waals surface area contributed by atoms with Crippen molar-refractivity contribution >= 4 is 17.3 Å². The lowest BCUT2D eigenvalue weighted by Crippen LogP contribution is -2.24. The van der Waals surface area contributed by atoms with Crippen molar-refractivity contribution in [3.63, 3.8) is 0 Å². The normalized spacial score (nSPS) is 12.0. The first-order chi connectivity index (χ1) is 11.4. The summed E-state index contributed by atoms with van der Waals surface area (Å²) in [5.41, 5.74) is 1.84. The lowest BCUT2D eigenvalue weighted by atomic mass is 10.1. The van der Waals surface area contributed by atoms with Gasteiger partial charge in [-0.05, 0) is 36.4 Å². The highest BCUT2D eigenvalue weighted by Gasteiger charge is 2.14. The number of halogens is 1. The first-order valence-electron chi connectivity index (χ1n) is 7.20. The summed E-state index contributed by atoms with van der Waals surface area (Å²) in [6.45, 7) is 0.693. The number of likely N-dealkylation sites (N-methyl/N-ethyl adjacent to an activating group) is 1. The van der Waals surface area contributed by atoms with Crippen molar-refractivity contribution in [2.45, 2.75) is 12.6 Å². The van der Waals surface area contributed by atoms with Gasteiger partial charge in [0.15, 0.2) is 0 Å². The minimum Gasteiger partial charge on any atom is -0.387 e. The fourth-order valence-electron chi connectivity index (χ4n) is 2.33. The number of aliphatic hydroxyl groups excluding tert-OH is 1. The number of nitriles is 1. The fourth-order valence-corrected chi connectivity index (χ4v) is 2.51. The third-order valence-corrected chi connectivity index (χ3v) is 3.96. The molecule has 0 heterocycles. The monoisotopic (exact) mass is 345 g/mol. The van der Waals surface area contributed by atoms with Crippen LogP contribution in [-0.4, -0.2) is 28.5 Å². The van der Waals surface area contributed by atoms with Gasteiger partial charge in [-0.2, -0.15) is 5.26 Å².